The van der Waals surface area contributed by atoms with Gasteiger partial charge in [-0.3, -0.25) is 9.59 Å². The molecular weight excluding hydrogens is 314 g/mol. The lowest BCUT2D eigenvalue weighted by Gasteiger charge is -2.36. The fourth-order valence-corrected chi connectivity index (χ4v) is 3.37. The van der Waals surface area contributed by atoms with E-state index in [1.165, 1.54) is 5.56 Å². The van der Waals surface area contributed by atoms with Gasteiger partial charge < -0.3 is 16.0 Å². The molecule has 0 aromatic heterocycles. The van der Waals surface area contributed by atoms with Gasteiger partial charge in [0.25, 0.3) is 0 Å². The molecule has 0 aliphatic carbocycles. The molecule has 0 saturated carbocycles. The highest BCUT2D eigenvalue weighted by atomic mass is 16.2. The third kappa shape index (κ3) is 5.30. The number of aryl methyl sites for hydroxylation is 1. The van der Waals surface area contributed by atoms with Gasteiger partial charge in [0.15, 0.2) is 0 Å². The molecule has 5 heteroatoms. The molecule has 1 aliphatic heterocycles. The number of benzene rings is 1. The van der Waals surface area contributed by atoms with Crippen LogP contribution in [0.5, 0.6) is 0 Å². The van der Waals surface area contributed by atoms with Crippen LogP contribution in [-0.2, 0) is 16.1 Å². The maximum Gasteiger partial charge on any atom is 0.242 e. The van der Waals surface area contributed by atoms with Gasteiger partial charge in [0, 0.05) is 25.6 Å². The fraction of sp³-hybridized carbons (Fsp3) is 0.600. The number of rotatable bonds is 6. The van der Waals surface area contributed by atoms with Crippen molar-refractivity contribution in [3.8, 4) is 0 Å². The first-order valence-electron chi connectivity index (χ1n) is 9.25. The van der Waals surface area contributed by atoms with Gasteiger partial charge in [-0.25, -0.2) is 0 Å². The Morgan fingerprint density at radius 2 is 1.84 bits per heavy atom. The summed E-state index contributed by atoms with van der Waals surface area (Å²) in [5.74, 6) is 0.0642. The highest BCUT2D eigenvalue weighted by Crippen LogP contribution is 2.21. The second-order valence-electron chi connectivity index (χ2n) is 7.44. The van der Waals surface area contributed by atoms with Crippen LogP contribution in [0.2, 0.25) is 0 Å². The minimum atomic E-state index is -0.796. The predicted molar refractivity (Wildman–Crippen MR) is 99.8 cm³/mol. The molecule has 1 unspecified atom stereocenters. The van der Waals surface area contributed by atoms with Crippen molar-refractivity contribution in [1.82, 2.24) is 10.2 Å². The average molecular weight is 345 g/mol. The van der Waals surface area contributed by atoms with Crippen molar-refractivity contribution in [2.75, 3.05) is 13.1 Å². The molecule has 0 spiro atoms. The van der Waals surface area contributed by atoms with Crippen LogP contribution in [0.3, 0.4) is 0 Å². The summed E-state index contributed by atoms with van der Waals surface area (Å²) in [4.78, 5) is 26.7. The largest absolute Gasteiger partial charge is 0.352 e. The van der Waals surface area contributed by atoms with E-state index in [1.807, 2.05) is 43.0 Å². The predicted octanol–water partition coefficient (Wildman–Crippen LogP) is 2.37. The quantitative estimate of drug-likeness (QED) is 0.831. The lowest BCUT2D eigenvalue weighted by Crippen LogP contribution is -2.55. The minimum Gasteiger partial charge on any atom is -0.352 e. The molecule has 1 fully saturated rings. The van der Waals surface area contributed by atoms with Gasteiger partial charge in [0.2, 0.25) is 11.8 Å². The monoisotopic (exact) mass is 345 g/mol. The maximum atomic E-state index is 12.5. The first-order valence-corrected chi connectivity index (χ1v) is 9.25. The van der Waals surface area contributed by atoms with Gasteiger partial charge in [-0.15, -0.1) is 0 Å². The molecule has 25 heavy (non-hydrogen) atoms. The highest BCUT2D eigenvalue weighted by molar-refractivity contribution is 5.86. The standard InChI is InChI=1S/C20H31N3O2/c1-4-11-20(3,21)19(25)23-12-9-17(10-13-23)18(24)22-14-16-7-5-15(2)6-8-16/h5-8,17H,4,9-14,21H2,1-3H3,(H,22,24). The van der Waals surface area contributed by atoms with Crippen molar-refractivity contribution in [2.24, 2.45) is 11.7 Å². The molecule has 1 atom stereocenters. The molecule has 0 radical (unpaired) electrons. The van der Waals surface area contributed by atoms with E-state index in [-0.39, 0.29) is 17.7 Å². The van der Waals surface area contributed by atoms with Crippen LogP contribution in [-0.4, -0.2) is 35.3 Å². The summed E-state index contributed by atoms with van der Waals surface area (Å²) >= 11 is 0. The Morgan fingerprint density at radius 1 is 1.24 bits per heavy atom. The topological polar surface area (TPSA) is 75.4 Å². The number of likely N-dealkylation sites (tertiary alicyclic amines) is 1. The van der Waals surface area contributed by atoms with E-state index in [9.17, 15) is 9.59 Å². The van der Waals surface area contributed by atoms with Crippen LogP contribution in [0.4, 0.5) is 0 Å². The zero-order valence-corrected chi connectivity index (χ0v) is 15.7. The molecule has 1 aliphatic rings. The first kappa shape index (κ1) is 19.4. The molecule has 2 rings (SSSR count). The maximum absolute atomic E-state index is 12.5. The number of nitrogens with one attached hydrogen (secondary N) is 1. The molecule has 5 nitrogen and oxygen atoms in total. The van der Waals surface area contributed by atoms with E-state index in [2.05, 4.69) is 5.32 Å². The summed E-state index contributed by atoms with van der Waals surface area (Å²) in [6.45, 7) is 7.65. The lowest BCUT2D eigenvalue weighted by molar-refractivity contribution is -0.140. The van der Waals surface area contributed by atoms with Crippen molar-refractivity contribution in [1.29, 1.82) is 0 Å². The number of piperidine rings is 1. The SMILES string of the molecule is CCCC(C)(N)C(=O)N1CCC(C(=O)NCc2ccc(C)cc2)CC1. The third-order valence-electron chi connectivity index (χ3n) is 5.00. The van der Waals surface area contributed by atoms with E-state index in [0.717, 1.165) is 12.0 Å². The molecule has 1 saturated heterocycles. The van der Waals surface area contributed by atoms with Crippen molar-refractivity contribution in [3.63, 3.8) is 0 Å². The molecule has 0 bridgehead atoms. The highest BCUT2D eigenvalue weighted by Gasteiger charge is 2.35. The first-order chi connectivity index (χ1) is 11.8. The number of carbonyl (C=O) groups excluding carboxylic acids is 2. The van der Waals surface area contributed by atoms with Crippen molar-refractivity contribution in [3.05, 3.63) is 35.4 Å². The summed E-state index contributed by atoms with van der Waals surface area (Å²) in [7, 11) is 0. The Hall–Kier alpha value is -1.88. The Labute approximate surface area is 151 Å². The van der Waals surface area contributed by atoms with E-state index < -0.39 is 5.54 Å². The second-order valence-corrected chi connectivity index (χ2v) is 7.44. The third-order valence-corrected chi connectivity index (χ3v) is 5.00. The van der Waals surface area contributed by atoms with Crippen LogP contribution in [0.25, 0.3) is 0 Å². The van der Waals surface area contributed by atoms with Gasteiger partial charge in [0.05, 0.1) is 5.54 Å². The average Bonchev–Trinajstić information content (AvgIpc) is 2.60. The second kappa shape index (κ2) is 8.48. The summed E-state index contributed by atoms with van der Waals surface area (Å²) in [6.07, 6.45) is 2.97. The number of nitrogens with zero attached hydrogens (tertiary/aromatic N) is 1. The van der Waals surface area contributed by atoms with Gasteiger partial charge in [-0.2, -0.15) is 0 Å². The van der Waals surface area contributed by atoms with Gasteiger partial charge in [-0.05, 0) is 38.7 Å². The normalized spacial score (nSPS) is 17.8. The molecule has 1 heterocycles. The van der Waals surface area contributed by atoms with E-state index in [1.54, 1.807) is 6.92 Å². The number of amides is 2. The molecular formula is C20H31N3O2. The fourth-order valence-electron chi connectivity index (χ4n) is 3.37. The zero-order chi connectivity index (χ0) is 18.4. The number of nitrogens with two attached hydrogens (primary N) is 1. The van der Waals surface area contributed by atoms with Crippen LogP contribution >= 0.6 is 0 Å². The van der Waals surface area contributed by atoms with Crippen molar-refractivity contribution >= 4 is 11.8 Å². The summed E-state index contributed by atoms with van der Waals surface area (Å²) < 4.78 is 0. The Bertz CT molecular complexity index is 587. The molecule has 1 aromatic rings. The number of hydrogen-bond donors (Lipinski definition) is 2. The lowest BCUT2D eigenvalue weighted by atomic mass is 9.91. The van der Waals surface area contributed by atoms with Gasteiger partial charge in [0.1, 0.15) is 0 Å². The summed E-state index contributed by atoms with van der Waals surface area (Å²) in [5.41, 5.74) is 7.66. The molecule has 2 amide bonds. The Morgan fingerprint density at radius 3 is 2.40 bits per heavy atom. The smallest absolute Gasteiger partial charge is 0.242 e. The summed E-state index contributed by atoms with van der Waals surface area (Å²) in [5, 5.41) is 3.02. The van der Waals surface area contributed by atoms with E-state index >= 15 is 0 Å². The van der Waals surface area contributed by atoms with E-state index in [0.29, 0.717) is 38.9 Å². The van der Waals surface area contributed by atoms with Crippen LogP contribution in [0, 0.1) is 12.8 Å². The minimum absolute atomic E-state index is 0.00728. The molecule has 138 valence electrons. The van der Waals surface area contributed by atoms with E-state index in [4.69, 9.17) is 5.73 Å². The molecule has 3 N–H and O–H groups in total. The number of hydrogen-bond acceptors (Lipinski definition) is 3. The molecule has 1 aromatic carbocycles. The summed E-state index contributed by atoms with van der Waals surface area (Å²) in [6, 6.07) is 8.16. The van der Waals surface area contributed by atoms with Gasteiger partial charge in [-0.1, -0.05) is 43.2 Å². The Kier molecular flexibility index (Phi) is 6.59. The van der Waals surface area contributed by atoms with Crippen LogP contribution < -0.4 is 11.1 Å². The zero-order valence-electron chi connectivity index (χ0n) is 15.7. The van der Waals surface area contributed by atoms with Crippen molar-refractivity contribution < 1.29 is 9.59 Å². The van der Waals surface area contributed by atoms with Crippen molar-refractivity contribution in [2.45, 2.75) is 58.5 Å². The van der Waals surface area contributed by atoms with Crippen LogP contribution in [0.1, 0.15) is 50.7 Å². The van der Waals surface area contributed by atoms with Crippen LogP contribution in [0.15, 0.2) is 24.3 Å². The Balaban J connectivity index is 1.80. The number of carbonyl (C=O) groups is 2. The van der Waals surface area contributed by atoms with Gasteiger partial charge >= 0.3 is 0 Å².